The average molecular weight is 244 g/mol. The maximum Gasteiger partial charge on any atom is 0.330 e. The summed E-state index contributed by atoms with van der Waals surface area (Å²) in [4.78, 5) is 12.4. The van der Waals surface area contributed by atoms with E-state index in [1.807, 2.05) is 30.3 Å². The van der Waals surface area contributed by atoms with Gasteiger partial charge in [0.2, 0.25) is 5.82 Å². The molecule has 0 saturated heterocycles. The van der Waals surface area contributed by atoms with Crippen LogP contribution < -0.4 is 0 Å². The van der Waals surface area contributed by atoms with E-state index in [2.05, 4.69) is 15.4 Å². The van der Waals surface area contributed by atoms with Crippen molar-refractivity contribution in [2.45, 2.75) is 18.9 Å². The van der Waals surface area contributed by atoms with Crippen molar-refractivity contribution in [3.8, 4) is 11.4 Å². The highest BCUT2D eigenvalue weighted by Gasteiger charge is 2.39. The fraction of sp³-hybridized carbons (Fsp3) is 0.333. The number of nitrogens with zero attached hydrogens (tertiary/aromatic N) is 4. The quantitative estimate of drug-likeness (QED) is 0.878. The molecule has 6 nitrogen and oxygen atoms in total. The van der Waals surface area contributed by atoms with E-state index in [1.54, 1.807) is 0 Å². The van der Waals surface area contributed by atoms with Gasteiger partial charge in [-0.15, -0.1) is 15.0 Å². The zero-order valence-electron chi connectivity index (χ0n) is 9.60. The monoisotopic (exact) mass is 244 g/mol. The highest BCUT2D eigenvalue weighted by Crippen LogP contribution is 2.39. The van der Waals surface area contributed by atoms with Crippen LogP contribution in [0.1, 0.15) is 18.9 Å². The van der Waals surface area contributed by atoms with Gasteiger partial charge >= 0.3 is 5.97 Å². The standard InChI is InChI=1S/C12H12N4O2/c17-12(18)10(8-6-7-8)16-14-11(13-15-16)9-4-2-1-3-5-9/h1-5,8,10H,6-7H2,(H,17,18). The lowest BCUT2D eigenvalue weighted by atomic mass is 10.2. The smallest absolute Gasteiger partial charge is 0.330 e. The van der Waals surface area contributed by atoms with Gasteiger partial charge in [0.05, 0.1) is 0 Å². The van der Waals surface area contributed by atoms with Crippen LogP contribution in [0.25, 0.3) is 11.4 Å². The van der Waals surface area contributed by atoms with E-state index in [9.17, 15) is 9.90 Å². The summed E-state index contributed by atoms with van der Waals surface area (Å²) in [6, 6.07) is 8.72. The SMILES string of the molecule is O=C(O)C(C1CC1)n1nnc(-c2ccccc2)n1. The molecule has 2 aromatic rings. The lowest BCUT2D eigenvalue weighted by Gasteiger charge is -2.07. The van der Waals surface area contributed by atoms with Crippen LogP contribution in [0.3, 0.4) is 0 Å². The van der Waals surface area contributed by atoms with Crippen molar-refractivity contribution in [3.05, 3.63) is 30.3 Å². The molecule has 1 heterocycles. The molecule has 1 unspecified atom stereocenters. The van der Waals surface area contributed by atoms with Gasteiger partial charge in [0.15, 0.2) is 6.04 Å². The molecule has 92 valence electrons. The van der Waals surface area contributed by atoms with Gasteiger partial charge < -0.3 is 5.11 Å². The molecule has 1 saturated carbocycles. The molecule has 0 aliphatic heterocycles. The number of aliphatic carboxylic acids is 1. The van der Waals surface area contributed by atoms with Gasteiger partial charge in [0, 0.05) is 5.56 Å². The predicted molar refractivity (Wildman–Crippen MR) is 62.6 cm³/mol. The number of rotatable bonds is 4. The Morgan fingerprint density at radius 3 is 2.67 bits per heavy atom. The molecule has 18 heavy (non-hydrogen) atoms. The Bertz CT molecular complexity index is 562. The Morgan fingerprint density at radius 1 is 1.33 bits per heavy atom. The van der Waals surface area contributed by atoms with Crippen molar-refractivity contribution in [1.82, 2.24) is 20.2 Å². The predicted octanol–water partition coefficient (Wildman–Crippen LogP) is 1.38. The van der Waals surface area contributed by atoms with Crippen LogP contribution >= 0.6 is 0 Å². The minimum absolute atomic E-state index is 0.139. The van der Waals surface area contributed by atoms with Gasteiger partial charge in [-0.2, -0.15) is 0 Å². The number of hydrogen-bond acceptors (Lipinski definition) is 4. The molecule has 1 fully saturated rings. The number of tetrazole rings is 1. The summed E-state index contributed by atoms with van der Waals surface area (Å²) in [6.45, 7) is 0. The van der Waals surface area contributed by atoms with Crippen LogP contribution in [0.15, 0.2) is 30.3 Å². The van der Waals surface area contributed by atoms with Gasteiger partial charge in [-0.05, 0) is 24.0 Å². The normalized spacial score (nSPS) is 16.4. The first-order valence-corrected chi connectivity index (χ1v) is 5.83. The first kappa shape index (κ1) is 10.9. The Hall–Kier alpha value is -2.24. The molecule has 1 aliphatic carbocycles. The second-order valence-electron chi connectivity index (χ2n) is 4.42. The maximum absolute atomic E-state index is 11.2. The zero-order valence-corrected chi connectivity index (χ0v) is 9.60. The number of aromatic nitrogens is 4. The summed E-state index contributed by atoms with van der Waals surface area (Å²) >= 11 is 0. The van der Waals surface area contributed by atoms with Crippen LogP contribution in [0.5, 0.6) is 0 Å². The minimum Gasteiger partial charge on any atom is -0.480 e. The number of carboxylic acids is 1. The molecule has 0 amide bonds. The van der Waals surface area contributed by atoms with Crippen LogP contribution in [0.2, 0.25) is 0 Å². The fourth-order valence-corrected chi connectivity index (χ4v) is 1.95. The van der Waals surface area contributed by atoms with Crippen molar-refractivity contribution in [2.75, 3.05) is 0 Å². The first-order chi connectivity index (χ1) is 8.75. The molecular weight excluding hydrogens is 232 g/mol. The molecule has 3 rings (SSSR count). The first-order valence-electron chi connectivity index (χ1n) is 5.83. The number of carbonyl (C=O) groups is 1. The topological polar surface area (TPSA) is 80.9 Å². The molecule has 0 radical (unpaired) electrons. The van der Waals surface area contributed by atoms with Gasteiger partial charge in [-0.25, -0.2) is 4.79 Å². The zero-order chi connectivity index (χ0) is 12.5. The van der Waals surface area contributed by atoms with E-state index in [1.165, 1.54) is 4.80 Å². The fourth-order valence-electron chi connectivity index (χ4n) is 1.95. The maximum atomic E-state index is 11.2. The Kier molecular flexibility index (Phi) is 2.55. The van der Waals surface area contributed by atoms with E-state index in [0.29, 0.717) is 5.82 Å². The second kappa shape index (κ2) is 4.21. The van der Waals surface area contributed by atoms with Crippen molar-refractivity contribution >= 4 is 5.97 Å². The average Bonchev–Trinajstić information content (AvgIpc) is 3.07. The van der Waals surface area contributed by atoms with Crippen LogP contribution in [-0.2, 0) is 4.79 Å². The highest BCUT2D eigenvalue weighted by atomic mass is 16.4. The minimum atomic E-state index is -0.894. The summed E-state index contributed by atoms with van der Waals surface area (Å²) in [5, 5.41) is 21.2. The van der Waals surface area contributed by atoms with Crippen molar-refractivity contribution in [2.24, 2.45) is 5.92 Å². The van der Waals surface area contributed by atoms with Crippen molar-refractivity contribution < 1.29 is 9.90 Å². The molecule has 1 N–H and O–H groups in total. The molecule has 6 heteroatoms. The lowest BCUT2D eigenvalue weighted by Crippen LogP contribution is -2.23. The van der Waals surface area contributed by atoms with E-state index >= 15 is 0 Å². The van der Waals surface area contributed by atoms with E-state index in [4.69, 9.17) is 0 Å². The van der Waals surface area contributed by atoms with Crippen LogP contribution in [0.4, 0.5) is 0 Å². The number of carboxylic acid groups (broad SMARTS) is 1. The summed E-state index contributed by atoms with van der Waals surface area (Å²) in [6.07, 6.45) is 1.83. The third-order valence-electron chi connectivity index (χ3n) is 3.03. The lowest BCUT2D eigenvalue weighted by molar-refractivity contribution is -0.142. The summed E-state index contributed by atoms with van der Waals surface area (Å²) in [5.41, 5.74) is 0.837. The molecule has 0 spiro atoms. The molecule has 1 aromatic carbocycles. The second-order valence-corrected chi connectivity index (χ2v) is 4.42. The van der Waals surface area contributed by atoms with E-state index in [0.717, 1.165) is 18.4 Å². The summed E-state index contributed by atoms with van der Waals surface area (Å²) in [7, 11) is 0. The Morgan fingerprint density at radius 2 is 2.06 bits per heavy atom. The Balaban J connectivity index is 1.91. The van der Waals surface area contributed by atoms with Gasteiger partial charge in [0.1, 0.15) is 0 Å². The van der Waals surface area contributed by atoms with E-state index < -0.39 is 12.0 Å². The number of hydrogen-bond donors (Lipinski definition) is 1. The Labute approximate surface area is 103 Å². The van der Waals surface area contributed by atoms with Gasteiger partial charge in [-0.3, -0.25) is 0 Å². The van der Waals surface area contributed by atoms with Gasteiger partial charge in [-0.1, -0.05) is 30.3 Å². The van der Waals surface area contributed by atoms with Crippen LogP contribution in [-0.4, -0.2) is 31.3 Å². The largest absolute Gasteiger partial charge is 0.480 e. The molecule has 1 aromatic heterocycles. The molecular formula is C12H12N4O2. The van der Waals surface area contributed by atoms with Crippen LogP contribution in [0, 0.1) is 5.92 Å². The van der Waals surface area contributed by atoms with Crippen molar-refractivity contribution in [3.63, 3.8) is 0 Å². The molecule has 1 atom stereocenters. The van der Waals surface area contributed by atoms with E-state index in [-0.39, 0.29) is 5.92 Å². The third kappa shape index (κ3) is 1.97. The van der Waals surface area contributed by atoms with Gasteiger partial charge in [0.25, 0.3) is 0 Å². The summed E-state index contributed by atoms with van der Waals surface area (Å²) < 4.78 is 0. The molecule has 1 aliphatic rings. The highest BCUT2D eigenvalue weighted by molar-refractivity contribution is 5.72. The van der Waals surface area contributed by atoms with Crippen molar-refractivity contribution in [1.29, 1.82) is 0 Å². The molecule has 0 bridgehead atoms. The summed E-state index contributed by atoms with van der Waals surface area (Å²) in [5.74, 6) is -0.294. The third-order valence-corrected chi connectivity index (χ3v) is 3.03. The number of benzene rings is 1.